The number of amides is 3. The highest BCUT2D eigenvalue weighted by atomic mass is 16.6. The number of esters is 4. The van der Waals surface area contributed by atoms with Crippen molar-refractivity contribution in [2.24, 2.45) is 28.1 Å². The van der Waals surface area contributed by atoms with Crippen LogP contribution in [0, 0.1) is 28.1 Å². The number of hydrogen-bond donors (Lipinski definition) is 4. The van der Waals surface area contributed by atoms with Gasteiger partial charge in [-0.3, -0.25) is 33.7 Å². The maximum Gasteiger partial charge on any atom is 0.350 e. The Morgan fingerprint density at radius 2 is 1.57 bits per heavy atom. The highest BCUT2D eigenvalue weighted by Crippen LogP contribution is 2.64. The van der Waals surface area contributed by atoms with Gasteiger partial charge in [0.25, 0.3) is 0 Å². The number of nitrogens with zero attached hydrogens (tertiary/aromatic N) is 1. The second kappa shape index (κ2) is 19.1. The molecule has 2 bridgehead atoms. The van der Waals surface area contributed by atoms with Gasteiger partial charge < -0.3 is 44.3 Å². The third kappa shape index (κ3) is 9.19. The van der Waals surface area contributed by atoms with Gasteiger partial charge >= 0.3 is 23.9 Å². The Kier molecular flexibility index (Phi) is 14.2. The molecule has 0 radical (unpaired) electrons. The van der Waals surface area contributed by atoms with Crippen LogP contribution in [0.2, 0.25) is 0 Å². The van der Waals surface area contributed by atoms with E-state index in [9.17, 15) is 44.1 Å². The number of nitrogens with one attached hydrogen (secondary N) is 1. The Bertz CT molecular complexity index is 2470. The molecule has 3 amide bonds. The highest BCUT2D eigenvalue weighted by molar-refractivity contribution is 6.03. The molecule has 2 saturated heterocycles. The van der Waals surface area contributed by atoms with Gasteiger partial charge in [0.1, 0.15) is 36.1 Å². The number of likely N-dealkylation sites (tertiary alicyclic amines) is 1. The smallest absolute Gasteiger partial charge is 0.350 e. The van der Waals surface area contributed by atoms with Crippen LogP contribution in [0.1, 0.15) is 116 Å². The van der Waals surface area contributed by atoms with E-state index in [0.29, 0.717) is 5.56 Å². The summed E-state index contributed by atoms with van der Waals surface area (Å²) < 4.78 is 30.6. The SMILES string of the molecule is CC(=O)O[C@@]12CO[C@@H]1C[C@H](O)[C@@]1(C)C(=O)[C@H](O)C3=C(C)[C@H](OC(=O)C(OC(=O)CCN4C(=O)CC(C)C4=O)[C@@H](NC(=O)CC(C)(C)C)c4ccccc4)C[C@@](O)([C@@H](OC(=O)c4ccccc4)[C@@H]21)C3(C)C. The number of fused-ring (bicyclic) bond motifs is 5. The number of benzene rings is 2. The standard InChI is InChI=1S/C52H64N2O16/c1-27-22-36(58)54(45(27)62)21-20-37(59)68-41(39(30-16-12-10-13-17-30)53-35(57)25-48(4,5)6)47(64)67-32-24-52(65)44(69-46(63)31-18-14-11-15-19-31)42-50(9,43(61)40(60)38(28(32)2)49(52,7)8)33(56)23-34-51(42,26-66-34)70-29(3)55/h10-19,27,32-34,39-42,44,56,60,65H,20-26H2,1-9H3,(H,53,57)/t27?,32-,33+,34-,39+,40-,41?,42-,44+,50-,51+,52-/m1/s1. The molecule has 0 spiro atoms. The zero-order valence-electron chi connectivity index (χ0n) is 41.0. The molecule has 4 fully saturated rings. The van der Waals surface area contributed by atoms with Crippen LogP contribution in [0.5, 0.6) is 0 Å². The Balaban J connectivity index is 1.35. The third-order valence-corrected chi connectivity index (χ3v) is 15.1. The number of aliphatic hydroxyl groups excluding tert-OH is 2. The lowest BCUT2D eigenvalue weighted by Crippen LogP contribution is -2.81. The molecule has 2 heterocycles. The fourth-order valence-corrected chi connectivity index (χ4v) is 11.4. The predicted molar refractivity (Wildman–Crippen MR) is 245 cm³/mol. The van der Waals surface area contributed by atoms with E-state index in [4.69, 9.17) is 23.7 Å². The van der Waals surface area contributed by atoms with Gasteiger partial charge in [0.05, 0.1) is 36.0 Å². The molecular formula is C52H64N2O16. The molecule has 5 aliphatic rings. The van der Waals surface area contributed by atoms with Crippen molar-refractivity contribution < 1.29 is 77.4 Å². The van der Waals surface area contributed by atoms with E-state index in [1.54, 1.807) is 55.5 Å². The van der Waals surface area contributed by atoms with Crippen LogP contribution in [0.3, 0.4) is 0 Å². The number of aliphatic hydroxyl groups is 3. The summed E-state index contributed by atoms with van der Waals surface area (Å²) in [4.78, 5) is 112. The lowest BCUT2D eigenvalue weighted by Gasteiger charge is -2.67. The fourth-order valence-electron chi connectivity index (χ4n) is 11.4. The van der Waals surface area contributed by atoms with Gasteiger partial charge in [-0.05, 0) is 48.1 Å². The molecular weight excluding hydrogens is 909 g/mol. The van der Waals surface area contributed by atoms with Gasteiger partial charge in [0.15, 0.2) is 11.4 Å². The van der Waals surface area contributed by atoms with Crippen molar-refractivity contribution in [2.75, 3.05) is 13.2 Å². The molecule has 18 nitrogen and oxygen atoms in total. The number of ketones is 1. The topological polar surface area (TPSA) is 259 Å². The van der Waals surface area contributed by atoms with Crippen LogP contribution < -0.4 is 5.32 Å². The van der Waals surface area contributed by atoms with E-state index in [2.05, 4.69) is 5.32 Å². The lowest BCUT2D eigenvalue weighted by atomic mass is 9.44. The molecule has 378 valence electrons. The molecule has 18 heteroatoms. The van der Waals surface area contributed by atoms with Crippen molar-refractivity contribution in [1.29, 1.82) is 0 Å². The summed E-state index contributed by atoms with van der Waals surface area (Å²) in [7, 11) is 0. The van der Waals surface area contributed by atoms with Crippen LogP contribution >= 0.6 is 0 Å². The van der Waals surface area contributed by atoms with Crippen molar-refractivity contribution in [3.05, 3.63) is 82.9 Å². The molecule has 2 saturated carbocycles. The van der Waals surface area contributed by atoms with E-state index < -0.39 is 142 Å². The summed E-state index contributed by atoms with van der Waals surface area (Å²) in [6, 6.07) is 14.5. The number of carbonyl (C=O) groups excluding carboxylic acids is 8. The number of rotatable bonds is 13. The normalized spacial score (nSPS) is 32.2. The third-order valence-electron chi connectivity index (χ3n) is 15.1. The van der Waals surface area contributed by atoms with E-state index in [1.807, 2.05) is 20.8 Å². The number of carbonyl (C=O) groups is 8. The van der Waals surface area contributed by atoms with E-state index >= 15 is 9.59 Å². The molecule has 3 aliphatic carbocycles. The van der Waals surface area contributed by atoms with Gasteiger partial charge in [0, 0.05) is 50.5 Å². The molecule has 12 atom stereocenters. The lowest BCUT2D eigenvalue weighted by molar-refractivity contribution is -0.346. The monoisotopic (exact) mass is 972 g/mol. The number of ether oxygens (including phenoxy) is 5. The van der Waals surface area contributed by atoms with Gasteiger partial charge in [-0.2, -0.15) is 0 Å². The Morgan fingerprint density at radius 1 is 0.943 bits per heavy atom. The average Bonchev–Trinajstić information content (AvgIpc) is 3.53. The molecule has 2 aliphatic heterocycles. The molecule has 2 aromatic rings. The zero-order chi connectivity index (χ0) is 51.5. The second-order valence-electron chi connectivity index (χ2n) is 21.4. The molecule has 2 aromatic carbocycles. The van der Waals surface area contributed by atoms with Gasteiger partial charge in [0.2, 0.25) is 23.8 Å². The van der Waals surface area contributed by atoms with E-state index in [1.165, 1.54) is 39.8 Å². The first kappa shape index (κ1) is 52.0. The van der Waals surface area contributed by atoms with Crippen molar-refractivity contribution in [3.63, 3.8) is 0 Å². The number of hydrogen-bond acceptors (Lipinski definition) is 16. The quantitative estimate of drug-likeness (QED) is 0.0967. The predicted octanol–water partition coefficient (Wildman–Crippen LogP) is 3.62. The first-order chi connectivity index (χ1) is 32.7. The summed E-state index contributed by atoms with van der Waals surface area (Å²) >= 11 is 0. The van der Waals surface area contributed by atoms with Crippen molar-refractivity contribution in [3.8, 4) is 0 Å². The van der Waals surface area contributed by atoms with Crippen LogP contribution in [-0.4, -0.2) is 129 Å². The van der Waals surface area contributed by atoms with E-state index in [-0.39, 0.29) is 49.1 Å². The molecule has 4 N–H and O–H groups in total. The minimum absolute atomic E-state index is 0.0239. The summed E-state index contributed by atoms with van der Waals surface area (Å²) in [5, 5.41) is 41.0. The minimum Gasteiger partial charge on any atom is -0.455 e. The van der Waals surface area contributed by atoms with Gasteiger partial charge in [-0.25, -0.2) is 9.59 Å². The number of Topliss-reactive ketones (excluding diaryl/α,β-unsaturated/α-hetero) is 1. The van der Waals surface area contributed by atoms with Gasteiger partial charge in [-0.1, -0.05) is 90.1 Å². The van der Waals surface area contributed by atoms with Gasteiger partial charge in [-0.15, -0.1) is 0 Å². The summed E-state index contributed by atoms with van der Waals surface area (Å²) in [6.45, 7) is 13.4. The molecule has 2 unspecified atom stereocenters. The van der Waals surface area contributed by atoms with Crippen molar-refractivity contribution in [1.82, 2.24) is 10.2 Å². The first-order valence-corrected chi connectivity index (χ1v) is 23.7. The highest BCUT2D eigenvalue weighted by Gasteiger charge is 2.78. The minimum atomic E-state index is -2.45. The second-order valence-corrected chi connectivity index (χ2v) is 21.4. The molecule has 70 heavy (non-hydrogen) atoms. The van der Waals surface area contributed by atoms with Crippen molar-refractivity contribution >= 4 is 47.4 Å². The zero-order valence-corrected chi connectivity index (χ0v) is 41.0. The van der Waals surface area contributed by atoms with Crippen LogP contribution in [0.4, 0.5) is 0 Å². The fraction of sp³-hybridized carbons (Fsp3) is 0.577. The Morgan fingerprint density at radius 3 is 2.13 bits per heavy atom. The maximum absolute atomic E-state index is 15.2. The first-order valence-electron chi connectivity index (χ1n) is 23.7. The Hall–Kier alpha value is -5.82. The van der Waals surface area contributed by atoms with E-state index in [0.717, 1.165) is 11.8 Å². The average molecular weight is 973 g/mol. The summed E-state index contributed by atoms with van der Waals surface area (Å²) in [6.07, 6.45) is -11.6. The Labute approximate surface area is 406 Å². The maximum atomic E-state index is 15.2. The van der Waals surface area contributed by atoms with Crippen LogP contribution in [0.25, 0.3) is 0 Å². The summed E-state index contributed by atoms with van der Waals surface area (Å²) in [5.41, 5.74) is -8.24. The van der Waals surface area contributed by atoms with Crippen LogP contribution in [-0.2, 0) is 57.2 Å². The van der Waals surface area contributed by atoms with Crippen molar-refractivity contribution in [2.45, 2.75) is 148 Å². The molecule has 0 aromatic heterocycles. The summed E-state index contributed by atoms with van der Waals surface area (Å²) in [5.74, 6) is -8.65. The largest absolute Gasteiger partial charge is 0.455 e. The van der Waals surface area contributed by atoms with Crippen LogP contribution in [0.15, 0.2) is 71.8 Å². The molecule has 7 rings (SSSR count). The number of imide groups is 1.